The molecule has 1 aliphatic rings. The largest absolute Gasteiger partial charge is 0.325 e. The van der Waals surface area contributed by atoms with Crippen LogP contribution in [0.4, 0.5) is 10.1 Å². The molecule has 3 nitrogen and oxygen atoms in total. The summed E-state index contributed by atoms with van der Waals surface area (Å²) in [6, 6.07) is 6.31. The number of benzene rings is 1. The summed E-state index contributed by atoms with van der Waals surface area (Å²) >= 11 is 0. The van der Waals surface area contributed by atoms with Crippen LogP contribution in [0.25, 0.3) is 0 Å². The number of carbonyl (C=O) groups is 1. The fourth-order valence-corrected chi connectivity index (χ4v) is 2.83. The average molecular weight is 278 g/mol. The summed E-state index contributed by atoms with van der Waals surface area (Å²) in [6.45, 7) is 2.42. The zero-order valence-corrected chi connectivity index (χ0v) is 12.0. The van der Waals surface area contributed by atoms with Crippen LogP contribution in [0.5, 0.6) is 0 Å². The Morgan fingerprint density at radius 3 is 2.80 bits per heavy atom. The van der Waals surface area contributed by atoms with Crippen molar-refractivity contribution in [1.82, 2.24) is 5.32 Å². The molecule has 0 heterocycles. The second kappa shape index (κ2) is 7.39. The van der Waals surface area contributed by atoms with Crippen molar-refractivity contribution in [2.45, 2.75) is 45.1 Å². The molecule has 1 aliphatic carbocycles. The van der Waals surface area contributed by atoms with Crippen molar-refractivity contribution in [1.29, 1.82) is 0 Å². The van der Waals surface area contributed by atoms with Crippen molar-refractivity contribution < 1.29 is 9.18 Å². The first kappa shape index (κ1) is 15.0. The van der Waals surface area contributed by atoms with Gasteiger partial charge in [-0.05, 0) is 43.9 Å². The van der Waals surface area contributed by atoms with E-state index in [2.05, 4.69) is 17.6 Å². The Balaban J connectivity index is 1.74. The van der Waals surface area contributed by atoms with Gasteiger partial charge in [-0.2, -0.15) is 0 Å². The van der Waals surface area contributed by atoms with Crippen LogP contribution in [0.2, 0.25) is 0 Å². The van der Waals surface area contributed by atoms with Crippen LogP contribution >= 0.6 is 0 Å². The Morgan fingerprint density at radius 1 is 1.35 bits per heavy atom. The third kappa shape index (κ3) is 4.60. The van der Waals surface area contributed by atoms with Crippen molar-refractivity contribution in [3.63, 3.8) is 0 Å². The molecule has 0 aromatic heterocycles. The van der Waals surface area contributed by atoms with Crippen LogP contribution < -0.4 is 10.6 Å². The second-order valence-corrected chi connectivity index (χ2v) is 5.63. The van der Waals surface area contributed by atoms with Gasteiger partial charge in [-0.15, -0.1) is 0 Å². The summed E-state index contributed by atoms with van der Waals surface area (Å²) in [5, 5.41) is 5.98. The van der Waals surface area contributed by atoms with E-state index >= 15 is 0 Å². The normalized spacial score (nSPS) is 17.7. The topological polar surface area (TPSA) is 41.1 Å². The number of halogens is 1. The monoisotopic (exact) mass is 278 g/mol. The van der Waals surface area contributed by atoms with Gasteiger partial charge in [0.25, 0.3) is 0 Å². The number of rotatable bonds is 5. The third-order valence-corrected chi connectivity index (χ3v) is 4.05. The van der Waals surface area contributed by atoms with Crippen LogP contribution in [0.15, 0.2) is 24.3 Å². The van der Waals surface area contributed by atoms with Crippen molar-refractivity contribution in [3.05, 3.63) is 30.1 Å². The number of hydrogen-bond donors (Lipinski definition) is 2. The van der Waals surface area contributed by atoms with Crippen LogP contribution in [0, 0.1) is 11.7 Å². The first-order chi connectivity index (χ1) is 9.65. The van der Waals surface area contributed by atoms with Gasteiger partial charge in [0, 0.05) is 11.7 Å². The SMILES string of the molecule is C[C@H](NCC(=O)Nc1cccc(F)c1)C1CCCCC1. The molecule has 110 valence electrons. The van der Waals surface area contributed by atoms with Gasteiger partial charge in [-0.3, -0.25) is 4.79 Å². The molecule has 1 amide bonds. The standard InChI is InChI=1S/C16H23FN2O/c1-12(13-6-3-2-4-7-13)18-11-16(20)19-15-9-5-8-14(17)10-15/h5,8-10,12-13,18H,2-4,6-7,11H2,1H3,(H,19,20)/t12-/m0/s1. The maximum atomic E-state index is 13.0. The Kier molecular flexibility index (Phi) is 5.53. The number of carbonyl (C=O) groups excluding carboxylic acids is 1. The molecule has 2 N–H and O–H groups in total. The first-order valence-electron chi connectivity index (χ1n) is 7.44. The maximum Gasteiger partial charge on any atom is 0.238 e. The van der Waals surface area contributed by atoms with Crippen LogP contribution in [0.3, 0.4) is 0 Å². The van der Waals surface area contributed by atoms with Crippen LogP contribution in [-0.4, -0.2) is 18.5 Å². The fraction of sp³-hybridized carbons (Fsp3) is 0.562. The van der Waals surface area contributed by atoms with Gasteiger partial charge >= 0.3 is 0 Å². The van der Waals surface area contributed by atoms with E-state index in [9.17, 15) is 9.18 Å². The average Bonchev–Trinajstić information content (AvgIpc) is 2.46. The molecule has 1 atom stereocenters. The molecule has 0 radical (unpaired) electrons. The van der Waals surface area contributed by atoms with E-state index in [-0.39, 0.29) is 18.3 Å². The minimum absolute atomic E-state index is 0.127. The zero-order chi connectivity index (χ0) is 14.4. The summed E-state index contributed by atoms with van der Waals surface area (Å²) in [5.74, 6) is 0.204. The van der Waals surface area contributed by atoms with Crippen LogP contribution in [-0.2, 0) is 4.79 Å². The van der Waals surface area contributed by atoms with E-state index < -0.39 is 0 Å². The van der Waals surface area contributed by atoms with Crippen molar-refractivity contribution in [3.8, 4) is 0 Å². The maximum absolute atomic E-state index is 13.0. The molecule has 0 aliphatic heterocycles. The summed E-state index contributed by atoms with van der Waals surface area (Å²) in [5.41, 5.74) is 0.502. The molecular weight excluding hydrogens is 255 g/mol. The predicted octanol–water partition coefficient (Wildman–Crippen LogP) is 3.32. The molecule has 0 bridgehead atoms. The molecule has 1 aromatic rings. The zero-order valence-electron chi connectivity index (χ0n) is 12.0. The van der Waals surface area contributed by atoms with E-state index in [1.54, 1.807) is 12.1 Å². The van der Waals surface area contributed by atoms with E-state index in [1.807, 2.05) is 0 Å². The van der Waals surface area contributed by atoms with Crippen molar-refractivity contribution in [2.75, 3.05) is 11.9 Å². The minimum Gasteiger partial charge on any atom is -0.325 e. The highest BCUT2D eigenvalue weighted by atomic mass is 19.1. The number of amides is 1. The Labute approximate surface area is 120 Å². The van der Waals surface area contributed by atoms with Crippen molar-refractivity contribution in [2.24, 2.45) is 5.92 Å². The smallest absolute Gasteiger partial charge is 0.238 e. The molecule has 20 heavy (non-hydrogen) atoms. The number of anilines is 1. The first-order valence-corrected chi connectivity index (χ1v) is 7.44. The molecule has 1 saturated carbocycles. The van der Waals surface area contributed by atoms with E-state index in [1.165, 1.54) is 44.2 Å². The van der Waals surface area contributed by atoms with Gasteiger partial charge in [0.05, 0.1) is 6.54 Å². The highest BCUT2D eigenvalue weighted by Crippen LogP contribution is 2.26. The van der Waals surface area contributed by atoms with Crippen molar-refractivity contribution >= 4 is 11.6 Å². The molecule has 4 heteroatoms. The Morgan fingerprint density at radius 2 is 2.10 bits per heavy atom. The van der Waals surface area contributed by atoms with E-state index in [0.717, 1.165) is 0 Å². The van der Waals surface area contributed by atoms with Gasteiger partial charge in [0.15, 0.2) is 0 Å². The van der Waals surface area contributed by atoms with Gasteiger partial charge in [0.2, 0.25) is 5.91 Å². The van der Waals surface area contributed by atoms with Gasteiger partial charge in [0.1, 0.15) is 5.82 Å². The molecule has 0 unspecified atom stereocenters. The van der Waals surface area contributed by atoms with Gasteiger partial charge in [-0.1, -0.05) is 25.3 Å². The number of nitrogens with one attached hydrogen (secondary N) is 2. The lowest BCUT2D eigenvalue weighted by Crippen LogP contribution is -2.39. The quantitative estimate of drug-likeness (QED) is 0.867. The van der Waals surface area contributed by atoms with Gasteiger partial charge < -0.3 is 10.6 Å². The second-order valence-electron chi connectivity index (χ2n) is 5.63. The Hall–Kier alpha value is -1.42. The summed E-state index contributed by atoms with van der Waals surface area (Å²) in [6.07, 6.45) is 6.43. The predicted molar refractivity (Wildman–Crippen MR) is 79.1 cm³/mol. The molecule has 0 spiro atoms. The highest BCUT2D eigenvalue weighted by Gasteiger charge is 2.20. The molecular formula is C16H23FN2O. The van der Waals surface area contributed by atoms with Crippen LogP contribution in [0.1, 0.15) is 39.0 Å². The summed E-state index contributed by atoms with van der Waals surface area (Å²) in [4.78, 5) is 11.8. The molecule has 2 rings (SSSR count). The summed E-state index contributed by atoms with van der Waals surface area (Å²) in [7, 11) is 0. The highest BCUT2D eigenvalue weighted by molar-refractivity contribution is 5.92. The van der Waals surface area contributed by atoms with E-state index in [0.29, 0.717) is 17.6 Å². The lowest BCUT2D eigenvalue weighted by molar-refractivity contribution is -0.115. The lowest BCUT2D eigenvalue weighted by atomic mass is 9.84. The fourth-order valence-electron chi connectivity index (χ4n) is 2.83. The Bertz CT molecular complexity index is 444. The lowest BCUT2D eigenvalue weighted by Gasteiger charge is -2.28. The number of hydrogen-bond acceptors (Lipinski definition) is 2. The summed E-state index contributed by atoms with van der Waals surface area (Å²) < 4.78 is 13.0. The third-order valence-electron chi connectivity index (χ3n) is 4.05. The van der Waals surface area contributed by atoms with E-state index in [4.69, 9.17) is 0 Å². The molecule has 0 saturated heterocycles. The molecule has 1 aromatic carbocycles. The van der Waals surface area contributed by atoms with Gasteiger partial charge in [-0.25, -0.2) is 4.39 Å². The minimum atomic E-state index is -0.341. The molecule has 1 fully saturated rings.